The average Bonchev–Trinajstić information content (AvgIpc) is 3.21. The van der Waals surface area contributed by atoms with Crippen LogP contribution in [0.5, 0.6) is 5.75 Å². The Bertz CT molecular complexity index is 1140. The van der Waals surface area contributed by atoms with Gasteiger partial charge in [0.2, 0.25) is 21.7 Å². The Labute approximate surface area is 181 Å². The van der Waals surface area contributed by atoms with Gasteiger partial charge in [0.25, 0.3) is 5.91 Å². The number of rotatable bonds is 8. The maximum Gasteiger partial charge on any atom is 0.261 e. The van der Waals surface area contributed by atoms with Crippen LogP contribution in [0.1, 0.15) is 18.4 Å². The molecule has 0 fully saturated rings. The summed E-state index contributed by atoms with van der Waals surface area (Å²) >= 11 is 0. The molecule has 1 aromatic heterocycles. The van der Waals surface area contributed by atoms with Crippen molar-refractivity contribution in [2.24, 2.45) is 0 Å². The Morgan fingerprint density at radius 2 is 1.81 bits per heavy atom. The van der Waals surface area contributed by atoms with E-state index in [0.717, 1.165) is 21.7 Å². The van der Waals surface area contributed by atoms with Gasteiger partial charge >= 0.3 is 0 Å². The van der Waals surface area contributed by atoms with Crippen molar-refractivity contribution in [1.29, 1.82) is 0 Å². The van der Waals surface area contributed by atoms with Crippen molar-refractivity contribution >= 4 is 21.6 Å². The van der Waals surface area contributed by atoms with Crippen LogP contribution in [0.2, 0.25) is 0 Å². The minimum absolute atomic E-state index is 0.0729. The van der Waals surface area contributed by atoms with E-state index in [9.17, 15) is 13.2 Å². The molecule has 1 amide bonds. The summed E-state index contributed by atoms with van der Waals surface area (Å²) in [6.45, 7) is 3.67. The monoisotopic (exact) mass is 444 g/mol. The van der Waals surface area contributed by atoms with Crippen molar-refractivity contribution in [3.63, 3.8) is 0 Å². The van der Waals surface area contributed by atoms with Crippen LogP contribution in [0.4, 0.5) is 5.69 Å². The first-order valence-corrected chi connectivity index (χ1v) is 11.4. The molecule has 10 heteroatoms. The standard InChI is InChI=1S/C21H24N4O5S/c1-14-5-7-16(8-6-14)20-23-19(30-24-20)13-22-21(26)15(2)29-18-11-9-17(10-12-18)25(3)31(4,27)28/h5-12,15H,13H2,1-4H3,(H,22,26). The van der Waals surface area contributed by atoms with Gasteiger partial charge in [-0.25, -0.2) is 8.42 Å². The van der Waals surface area contributed by atoms with Gasteiger partial charge in [0.05, 0.1) is 18.5 Å². The first kappa shape index (κ1) is 22.3. The molecule has 3 rings (SSSR count). The Morgan fingerprint density at radius 1 is 1.16 bits per heavy atom. The van der Waals surface area contributed by atoms with Crippen LogP contribution in [0.15, 0.2) is 53.1 Å². The molecule has 1 unspecified atom stereocenters. The molecule has 2 aromatic carbocycles. The van der Waals surface area contributed by atoms with Gasteiger partial charge in [-0.15, -0.1) is 0 Å². The number of sulfonamides is 1. The molecule has 0 radical (unpaired) electrons. The molecule has 164 valence electrons. The van der Waals surface area contributed by atoms with Crippen LogP contribution in [0.25, 0.3) is 11.4 Å². The van der Waals surface area contributed by atoms with E-state index >= 15 is 0 Å². The highest BCUT2D eigenvalue weighted by atomic mass is 32.2. The molecule has 0 aliphatic rings. The summed E-state index contributed by atoms with van der Waals surface area (Å²) in [5.41, 5.74) is 2.45. The molecular weight excluding hydrogens is 420 g/mol. The minimum atomic E-state index is -3.35. The van der Waals surface area contributed by atoms with E-state index in [2.05, 4.69) is 15.5 Å². The van der Waals surface area contributed by atoms with Gasteiger partial charge in [0.1, 0.15) is 5.75 Å². The minimum Gasteiger partial charge on any atom is -0.481 e. The van der Waals surface area contributed by atoms with E-state index in [1.54, 1.807) is 31.2 Å². The van der Waals surface area contributed by atoms with E-state index in [-0.39, 0.29) is 18.3 Å². The Morgan fingerprint density at radius 3 is 2.42 bits per heavy atom. The van der Waals surface area contributed by atoms with Crippen LogP contribution in [0.3, 0.4) is 0 Å². The van der Waals surface area contributed by atoms with Crippen molar-refractivity contribution < 1.29 is 22.5 Å². The van der Waals surface area contributed by atoms with Crippen LogP contribution >= 0.6 is 0 Å². The second-order valence-corrected chi connectivity index (χ2v) is 9.09. The van der Waals surface area contributed by atoms with Gasteiger partial charge in [0, 0.05) is 12.6 Å². The zero-order valence-electron chi connectivity index (χ0n) is 17.7. The van der Waals surface area contributed by atoms with Crippen LogP contribution in [-0.2, 0) is 21.4 Å². The van der Waals surface area contributed by atoms with Crippen LogP contribution in [-0.4, -0.2) is 43.9 Å². The van der Waals surface area contributed by atoms with Gasteiger partial charge in [-0.3, -0.25) is 9.10 Å². The molecular formula is C21H24N4O5S. The Hall–Kier alpha value is -3.40. The molecule has 0 aliphatic carbocycles. The molecule has 0 saturated heterocycles. The summed E-state index contributed by atoms with van der Waals surface area (Å²) in [4.78, 5) is 16.6. The number of nitrogens with zero attached hydrogens (tertiary/aromatic N) is 3. The largest absolute Gasteiger partial charge is 0.481 e. The number of aromatic nitrogens is 2. The molecule has 0 bridgehead atoms. The van der Waals surface area contributed by atoms with E-state index in [1.807, 2.05) is 31.2 Å². The van der Waals surface area contributed by atoms with Crippen molar-refractivity contribution in [3.8, 4) is 17.1 Å². The summed E-state index contributed by atoms with van der Waals surface area (Å²) in [6, 6.07) is 14.1. The number of anilines is 1. The average molecular weight is 445 g/mol. The van der Waals surface area contributed by atoms with Crippen molar-refractivity contribution in [2.45, 2.75) is 26.5 Å². The summed E-state index contributed by atoms with van der Waals surface area (Å²) < 4.78 is 35.2. The second-order valence-electron chi connectivity index (χ2n) is 7.08. The lowest BCUT2D eigenvalue weighted by Gasteiger charge is -2.18. The maximum atomic E-state index is 12.3. The molecule has 0 spiro atoms. The highest BCUT2D eigenvalue weighted by molar-refractivity contribution is 7.92. The Balaban J connectivity index is 1.53. The number of carbonyl (C=O) groups is 1. The molecule has 1 atom stereocenters. The van der Waals surface area contributed by atoms with Gasteiger partial charge < -0.3 is 14.6 Å². The molecule has 1 N–H and O–H groups in total. The predicted molar refractivity (Wildman–Crippen MR) is 116 cm³/mol. The zero-order chi connectivity index (χ0) is 22.6. The third-order valence-electron chi connectivity index (χ3n) is 4.57. The number of carbonyl (C=O) groups excluding carboxylic acids is 1. The lowest BCUT2D eigenvalue weighted by molar-refractivity contribution is -0.127. The second kappa shape index (κ2) is 9.17. The van der Waals surface area contributed by atoms with E-state index in [0.29, 0.717) is 17.3 Å². The van der Waals surface area contributed by atoms with Gasteiger partial charge in [0.15, 0.2) is 6.10 Å². The normalized spacial score (nSPS) is 12.3. The van der Waals surface area contributed by atoms with Gasteiger partial charge in [-0.05, 0) is 38.1 Å². The lowest BCUT2D eigenvalue weighted by atomic mass is 10.1. The van der Waals surface area contributed by atoms with Gasteiger partial charge in [-0.1, -0.05) is 35.0 Å². The number of hydrogen-bond donors (Lipinski definition) is 1. The quantitative estimate of drug-likeness (QED) is 0.568. The SMILES string of the molecule is Cc1ccc(-c2noc(CNC(=O)C(C)Oc3ccc(N(C)S(C)(=O)=O)cc3)n2)cc1. The number of ether oxygens (including phenoxy) is 1. The molecule has 0 saturated carbocycles. The number of amides is 1. The van der Waals surface area contributed by atoms with E-state index in [1.165, 1.54) is 7.05 Å². The summed E-state index contributed by atoms with van der Waals surface area (Å²) in [7, 11) is -1.89. The smallest absolute Gasteiger partial charge is 0.261 e. The van der Waals surface area contributed by atoms with Gasteiger partial charge in [-0.2, -0.15) is 4.98 Å². The Kier molecular flexibility index (Phi) is 6.59. The lowest BCUT2D eigenvalue weighted by Crippen LogP contribution is -2.36. The summed E-state index contributed by atoms with van der Waals surface area (Å²) in [5, 5.41) is 6.63. The van der Waals surface area contributed by atoms with Crippen molar-refractivity contribution in [2.75, 3.05) is 17.6 Å². The number of aryl methyl sites for hydroxylation is 1. The topological polar surface area (TPSA) is 115 Å². The van der Waals surface area contributed by atoms with E-state index < -0.39 is 16.1 Å². The molecule has 31 heavy (non-hydrogen) atoms. The fourth-order valence-corrected chi connectivity index (χ4v) is 3.14. The van der Waals surface area contributed by atoms with Crippen molar-refractivity contribution in [3.05, 3.63) is 60.0 Å². The number of hydrogen-bond acceptors (Lipinski definition) is 7. The van der Waals surface area contributed by atoms with Crippen LogP contribution in [0, 0.1) is 6.92 Å². The first-order chi connectivity index (χ1) is 14.6. The summed E-state index contributed by atoms with van der Waals surface area (Å²) in [5.74, 6) is 0.817. The number of nitrogens with one attached hydrogen (secondary N) is 1. The highest BCUT2D eigenvalue weighted by Gasteiger charge is 2.17. The van der Waals surface area contributed by atoms with E-state index in [4.69, 9.17) is 9.26 Å². The maximum absolute atomic E-state index is 12.3. The summed E-state index contributed by atoms with van der Waals surface area (Å²) in [6.07, 6.45) is 0.342. The fraction of sp³-hybridized carbons (Fsp3) is 0.286. The number of benzene rings is 2. The molecule has 3 aromatic rings. The van der Waals surface area contributed by atoms with Crippen molar-refractivity contribution in [1.82, 2.24) is 15.5 Å². The molecule has 1 heterocycles. The third kappa shape index (κ3) is 5.82. The third-order valence-corrected chi connectivity index (χ3v) is 5.78. The first-order valence-electron chi connectivity index (χ1n) is 9.51. The zero-order valence-corrected chi connectivity index (χ0v) is 18.5. The predicted octanol–water partition coefficient (Wildman–Crippen LogP) is 2.52. The molecule has 9 nitrogen and oxygen atoms in total. The fourth-order valence-electron chi connectivity index (χ4n) is 2.64. The molecule has 0 aliphatic heterocycles. The highest BCUT2D eigenvalue weighted by Crippen LogP contribution is 2.21. The van der Waals surface area contributed by atoms with Crippen LogP contribution < -0.4 is 14.4 Å².